The lowest BCUT2D eigenvalue weighted by atomic mass is 10.0. The second-order valence-corrected chi connectivity index (χ2v) is 7.92. The standard InChI is InChI=1S/C22H21ClFN3O2/c1-13(2)14-6-8-15(9-7-14)21-25-22(29-26-21)19-10-11-20(28)27(19)12-16-17(23)4-3-5-18(16)24/h3-9,13,19H,10-12H2,1-2H3. The van der Waals surface area contributed by atoms with E-state index in [0.717, 1.165) is 5.56 Å². The summed E-state index contributed by atoms with van der Waals surface area (Å²) in [7, 11) is 0. The van der Waals surface area contributed by atoms with Crippen LogP contribution in [-0.2, 0) is 11.3 Å². The summed E-state index contributed by atoms with van der Waals surface area (Å²) < 4.78 is 19.7. The predicted molar refractivity (Wildman–Crippen MR) is 108 cm³/mol. The van der Waals surface area contributed by atoms with Crippen LogP contribution in [0.25, 0.3) is 11.4 Å². The first-order valence-electron chi connectivity index (χ1n) is 9.60. The Morgan fingerprint density at radius 1 is 1.24 bits per heavy atom. The molecular formula is C22H21ClFN3O2. The quantitative estimate of drug-likeness (QED) is 0.552. The molecule has 3 aromatic rings. The topological polar surface area (TPSA) is 59.2 Å². The Bertz CT molecular complexity index is 1010. The first kappa shape index (κ1) is 19.6. The minimum absolute atomic E-state index is 0.0653. The maximum absolute atomic E-state index is 14.2. The highest BCUT2D eigenvalue weighted by atomic mass is 35.5. The monoisotopic (exact) mass is 413 g/mol. The Labute approximate surface area is 173 Å². The van der Waals surface area contributed by atoms with Crippen LogP contribution in [0.1, 0.15) is 55.7 Å². The molecule has 2 aromatic carbocycles. The smallest absolute Gasteiger partial charge is 0.249 e. The highest BCUT2D eigenvalue weighted by Gasteiger charge is 2.36. The van der Waals surface area contributed by atoms with Crippen LogP contribution in [0.5, 0.6) is 0 Å². The molecule has 5 nitrogen and oxygen atoms in total. The molecule has 1 saturated heterocycles. The number of carbonyl (C=O) groups excluding carboxylic acids is 1. The number of nitrogens with zero attached hydrogens (tertiary/aromatic N) is 3. The Morgan fingerprint density at radius 3 is 2.69 bits per heavy atom. The van der Waals surface area contributed by atoms with E-state index in [0.29, 0.717) is 41.1 Å². The van der Waals surface area contributed by atoms with Gasteiger partial charge in [-0.15, -0.1) is 0 Å². The fourth-order valence-corrected chi connectivity index (χ4v) is 3.77. The lowest BCUT2D eigenvalue weighted by Gasteiger charge is -2.22. The van der Waals surface area contributed by atoms with Gasteiger partial charge in [-0.05, 0) is 30.0 Å². The van der Waals surface area contributed by atoms with Gasteiger partial charge in [0.15, 0.2) is 0 Å². The zero-order valence-corrected chi connectivity index (χ0v) is 17.0. The van der Waals surface area contributed by atoms with E-state index >= 15 is 0 Å². The number of amides is 1. The third kappa shape index (κ3) is 3.90. The van der Waals surface area contributed by atoms with Crippen LogP contribution >= 0.6 is 11.6 Å². The van der Waals surface area contributed by atoms with Crippen molar-refractivity contribution in [2.45, 2.75) is 45.2 Å². The van der Waals surface area contributed by atoms with E-state index in [1.807, 2.05) is 24.3 Å². The summed E-state index contributed by atoms with van der Waals surface area (Å²) >= 11 is 6.14. The zero-order valence-electron chi connectivity index (χ0n) is 16.2. The molecule has 1 atom stereocenters. The third-order valence-electron chi connectivity index (χ3n) is 5.28. The van der Waals surface area contributed by atoms with E-state index in [4.69, 9.17) is 16.1 Å². The summed E-state index contributed by atoms with van der Waals surface area (Å²) in [6, 6.07) is 12.1. The molecule has 1 aliphatic rings. The van der Waals surface area contributed by atoms with Crippen molar-refractivity contribution in [2.24, 2.45) is 0 Å². The van der Waals surface area contributed by atoms with Crippen molar-refractivity contribution in [1.29, 1.82) is 0 Å². The molecule has 1 fully saturated rings. The van der Waals surface area contributed by atoms with Crippen molar-refractivity contribution in [1.82, 2.24) is 15.0 Å². The van der Waals surface area contributed by atoms with Crippen molar-refractivity contribution >= 4 is 17.5 Å². The maximum Gasteiger partial charge on any atom is 0.249 e. The molecule has 4 rings (SSSR count). The van der Waals surface area contributed by atoms with E-state index in [-0.39, 0.29) is 12.5 Å². The Hall–Kier alpha value is -2.73. The summed E-state index contributed by atoms with van der Waals surface area (Å²) in [5.74, 6) is 0.737. The van der Waals surface area contributed by atoms with Gasteiger partial charge in [-0.2, -0.15) is 4.98 Å². The summed E-state index contributed by atoms with van der Waals surface area (Å²) in [4.78, 5) is 18.5. The van der Waals surface area contributed by atoms with Gasteiger partial charge < -0.3 is 9.42 Å². The van der Waals surface area contributed by atoms with Gasteiger partial charge >= 0.3 is 0 Å². The number of halogens is 2. The van der Waals surface area contributed by atoms with Crippen LogP contribution in [0.3, 0.4) is 0 Å². The van der Waals surface area contributed by atoms with Gasteiger partial charge in [0.1, 0.15) is 11.9 Å². The summed E-state index contributed by atoms with van der Waals surface area (Å²) in [6.45, 7) is 4.33. The van der Waals surface area contributed by atoms with Crippen molar-refractivity contribution in [3.05, 3.63) is 70.3 Å². The molecule has 0 spiro atoms. The molecule has 0 saturated carbocycles. The highest BCUT2D eigenvalue weighted by molar-refractivity contribution is 6.31. The molecule has 1 amide bonds. The molecule has 150 valence electrons. The van der Waals surface area contributed by atoms with Crippen molar-refractivity contribution in [3.63, 3.8) is 0 Å². The van der Waals surface area contributed by atoms with Crippen LogP contribution in [0.15, 0.2) is 47.0 Å². The van der Waals surface area contributed by atoms with Crippen molar-refractivity contribution in [3.8, 4) is 11.4 Å². The van der Waals surface area contributed by atoms with E-state index in [1.165, 1.54) is 11.6 Å². The lowest BCUT2D eigenvalue weighted by molar-refractivity contribution is -0.130. The number of carbonyl (C=O) groups is 1. The molecule has 0 bridgehead atoms. The average molecular weight is 414 g/mol. The van der Waals surface area contributed by atoms with E-state index in [9.17, 15) is 9.18 Å². The van der Waals surface area contributed by atoms with Gasteiger partial charge in [-0.1, -0.05) is 60.9 Å². The Kier molecular flexibility index (Phi) is 5.37. The van der Waals surface area contributed by atoms with Gasteiger partial charge in [0.2, 0.25) is 17.6 Å². The second kappa shape index (κ2) is 7.95. The number of benzene rings is 2. The molecule has 2 heterocycles. The van der Waals surface area contributed by atoms with Crippen molar-refractivity contribution in [2.75, 3.05) is 0 Å². The fourth-order valence-electron chi connectivity index (χ4n) is 3.55. The first-order chi connectivity index (χ1) is 13.9. The van der Waals surface area contributed by atoms with Crippen LogP contribution in [-0.4, -0.2) is 20.9 Å². The number of likely N-dealkylation sites (tertiary alicyclic amines) is 1. The van der Waals surface area contributed by atoms with Crippen LogP contribution < -0.4 is 0 Å². The molecule has 0 radical (unpaired) electrons. The average Bonchev–Trinajstić information content (AvgIpc) is 3.32. The van der Waals surface area contributed by atoms with Crippen molar-refractivity contribution < 1.29 is 13.7 Å². The third-order valence-corrected chi connectivity index (χ3v) is 5.63. The predicted octanol–water partition coefficient (Wildman–Crippen LogP) is 5.52. The van der Waals surface area contributed by atoms with Gasteiger partial charge in [-0.3, -0.25) is 4.79 Å². The SMILES string of the molecule is CC(C)c1ccc(-c2noc(C3CCC(=O)N3Cc3c(F)cccc3Cl)n2)cc1. The Morgan fingerprint density at radius 2 is 2.00 bits per heavy atom. The van der Waals surface area contributed by atoms with E-state index in [1.54, 1.807) is 17.0 Å². The first-order valence-corrected chi connectivity index (χ1v) is 9.98. The minimum atomic E-state index is -0.438. The number of hydrogen-bond donors (Lipinski definition) is 0. The number of aromatic nitrogens is 2. The number of hydrogen-bond acceptors (Lipinski definition) is 4. The summed E-state index contributed by atoms with van der Waals surface area (Å²) in [5.41, 5.74) is 2.36. The van der Waals surface area contributed by atoms with E-state index < -0.39 is 11.9 Å². The van der Waals surface area contributed by atoms with Gasteiger partial charge in [0.05, 0.1) is 6.54 Å². The van der Waals surface area contributed by atoms with Gasteiger partial charge in [0.25, 0.3) is 0 Å². The second-order valence-electron chi connectivity index (χ2n) is 7.51. The zero-order chi connectivity index (χ0) is 20.5. The summed E-state index contributed by atoms with van der Waals surface area (Å²) in [5, 5.41) is 4.37. The normalized spacial score (nSPS) is 16.8. The minimum Gasteiger partial charge on any atom is -0.337 e. The largest absolute Gasteiger partial charge is 0.337 e. The van der Waals surface area contributed by atoms with E-state index in [2.05, 4.69) is 24.0 Å². The fraction of sp³-hybridized carbons (Fsp3) is 0.318. The molecule has 0 N–H and O–H groups in total. The molecule has 7 heteroatoms. The molecule has 1 aliphatic heterocycles. The molecular weight excluding hydrogens is 393 g/mol. The molecule has 1 aromatic heterocycles. The lowest BCUT2D eigenvalue weighted by Crippen LogP contribution is -2.28. The summed E-state index contributed by atoms with van der Waals surface area (Å²) in [6.07, 6.45) is 0.885. The van der Waals surface area contributed by atoms with Gasteiger partial charge in [-0.25, -0.2) is 4.39 Å². The highest BCUT2D eigenvalue weighted by Crippen LogP contribution is 2.35. The molecule has 1 unspecified atom stereocenters. The molecule has 29 heavy (non-hydrogen) atoms. The Balaban J connectivity index is 1.58. The molecule has 0 aliphatic carbocycles. The van der Waals surface area contributed by atoms with Gasteiger partial charge in [0, 0.05) is 22.6 Å². The van der Waals surface area contributed by atoms with Crippen LogP contribution in [0.4, 0.5) is 4.39 Å². The van der Waals surface area contributed by atoms with Crippen LogP contribution in [0, 0.1) is 5.82 Å². The van der Waals surface area contributed by atoms with Crippen LogP contribution in [0.2, 0.25) is 5.02 Å². The number of rotatable bonds is 5. The maximum atomic E-state index is 14.2.